The molecule has 1 aliphatic rings. The normalized spacial score (nSPS) is 23.9. The molecule has 0 radical (unpaired) electrons. The highest BCUT2D eigenvalue weighted by Gasteiger charge is 2.49. The van der Waals surface area contributed by atoms with E-state index >= 15 is 0 Å². The fourth-order valence-corrected chi connectivity index (χ4v) is 3.80. The summed E-state index contributed by atoms with van der Waals surface area (Å²) >= 11 is 1.24. The highest BCUT2D eigenvalue weighted by molar-refractivity contribution is 7.16. The van der Waals surface area contributed by atoms with Crippen LogP contribution in [-0.2, 0) is 16.5 Å². The molecule has 0 aromatic carbocycles. The number of likely N-dealkylation sites (N-methyl/N-ethyl adjacent to an activating group) is 1. The van der Waals surface area contributed by atoms with Crippen LogP contribution in [-0.4, -0.2) is 28.8 Å². The number of aliphatic imine (C=N–C) groups is 1. The Hall–Kier alpha value is -2.62. The average Bonchev–Trinajstić information content (AvgIpc) is 3.00. The molecule has 3 heterocycles. The van der Waals surface area contributed by atoms with Crippen LogP contribution in [0.25, 0.3) is 0 Å². The summed E-state index contributed by atoms with van der Waals surface area (Å²) in [6.45, 7) is 1.69. The number of carbonyl (C=O) groups is 1. The molecule has 2 aromatic rings. The van der Waals surface area contributed by atoms with E-state index in [9.17, 15) is 18.0 Å². The minimum absolute atomic E-state index is 0.0210. The Morgan fingerprint density at radius 3 is 2.42 bits per heavy atom. The smallest absolute Gasteiger partial charge is 0.391 e. The number of carbonyl (C=O) groups excluding carboxylic acids is 1. The topological polar surface area (TPSA) is 97.6 Å². The Balaban J connectivity index is 2.14. The first-order valence-electron chi connectivity index (χ1n) is 7.56. The second-order valence-electron chi connectivity index (χ2n) is 6.12. The molecule has 4 N–H and O–H groups in total. The van der Waals surface area contributed by atoms with E-state index in [1.54, 1.807) is 19.1 Å². The largest absolute Gasteiger partial charge is 0.417 e. The lowest BCUT2D eigenvalue weighted by Crippen LogP contribution is -2.52. The van der Waals surface area contributed by atoms with Gasteiger partial charge in [0.05, 0.1) is 16.3 Å². The van der Waals surface area contributed by atoms with Crippen LogP contribution in [0.1, 0.15) is 29.0 Å². The third-order valence-corrected chi connectivity index (χ3v) is 5.51. The van der Waals surface area contributed by atoms with Gasteiger partial charge in [0.15, 0.2) is 5.96 Å². The van der Waals surface area contributed by atoms with Crippen molar-refractivity contribution in [1.82, 2.24) is 9.88 Å². The van der Waals surface area contributed by atoms with Crippen LogP contribution >= 0.6 is 11.3 Å². The third-order valence-electron chi connectivity index (χ3n) is 4.37. The summed E-state index contributed by atoms with van der Waals surface area (Å²) in [4.78, 5) is 23.1. The first-order valence-corrected chi connectivity index (χ1v) is 8.37. The predicted molar refractivity (Wildman–Crippen MR) is 92.5 cm³/mol. The van der Waals surface area contributed by atoms with E-state index in [1.165, 1.54) is 29.4 Å². The Labute approximate surface area is 151 Å². The number of nitrogens with zero attached hydrogens (tertiary/aromatic N) is 3. The number of amides is 1. The van der Waals surface area contributed by atoms with Gasteiger partial charge < -0.3 is 11.5 Å². The van der Waals surface area contributed by atoms with Crippen molar-refractivity contribution in [3.63, 3.8) is 0 Å². The first-order chi connectivity index (χ1) is 12.0. The van der Waals surface area contributed by atoms with Gasteiger partial charge in [0.25, 0.3) is 0 Å². The molecule has 0 unspecified atom stereocenters. The molecule has 10 heteroatoms. The van der Waals surface area contributed by atoms with E-state index in [4.69, 9.17) is 11.5 Å². The highest BCUT2D eigenvalue weighted by Crippen LogP contribution is 2.46. The van der Waals surface area contributed by atoms with Crippen LogP contribution in [0, 0.1) is 0 Å². The number of nitrogen functional groups attached to an aromatic ring is 1. The van der Waals surface area contributed by atoms with Gasteiger partial charge in [0.2, 0.25) is 5.91 Å². The van der Waals surface area contributed by atoms with Gasteiger partial charge in [-0.3, -0.25) is 14.7 Å². The van der Waals surface area contributed by atoms with E-state index in [0.29, 0.717) is 16.1 Å². The molecule has 1 amide bonds. The maximum Gasteiger partial charge on any atom is 0.417 e. The summed E-state index contributed by atoms with van der Waals surface area (Å²) in [7, 11) is 1.46. The van der Waals surface area contributed by atoms with Gasteiger partial charge >= 0.3 is 6.18 Å². The zero-order valence-corrected chi connectivity index (χ0v) is 14.7. The van der Waals surface area contributed by atoms with Crippen LogP contribution in [0.15, 0.2) is 35.5 Å². The minimum Gasteiger partial charge on any atom is -0.391 e. The van der Waals surface area contributed by atoms with Crippen molar-refractivity contribution >= 4 is 28.2 Å². The fraction of sp³-hybridized carbons (Fsp3) is 0.312. The molecule has 0 saturated carbocycles. The third kappa shape index (κ3) is 2.90. The number of hydrogen-bond acceptors (Lipinski definition) is 6. The molecular formula is C16H16F3N5OS. The molecule has 0 aliphatic carbocycles. The van der Waals surface area contributed by atoms with E-state index in [-0.39, 0.29) is 11.7 Å². The van der Waals surface area contributed by atoms with E-state index in [2.05, 4.69) is 9.98 Å². The zero-order valence-electron chi connectivity index (χ0n) is 13.9. The lowest BCUT2D eigenvalue weighted by Gasteiger charge is -2.39. The molecule has 1 aliphatic heterocycles. The number of halogens is 3. The van der Waals surface area contributed by atoms with E-state index < -0.39 is 29.1 Å². The highest BCUT2D eigenvalue weighted by atomic mass is 32.1. The SMILES string of the molecule is CN1C(=O)[C@H](c2ccc(C(F)(F)F)cn2)[C@@](C)(c2ccc(N)s2)N=C1N. The molecule has 2 aromatic heterocycles. The van der Waals surface area contributed by atoms with Gasteiger partial charge in [-0.1, -0.05) is 0 Å². The molecule has 26 heavy (non-hydrogen) atoms. The maximum atomic E-state index is 12.9. The summed E-state index contributed by atoms with van der Waals surface area (Å²) in [5.41, 5.74) is 9.84. The van der Waals surface area contributed by atoms with Gasteiger partial charge in [-0.2, -0.15) is 13.2 Å². The fourth-order valence-electron chi connectivity index (χ4n) is 2.90. The molecule has 2 atom stereocenters. The Kier molecular flexibility index (Phi) is 4.18. The molecule has 0 saturated heterocycles. The molecule has 6 nitrogen and oxygen atoms in total. The number of hydrogen-bond donors (Lipinski definition) is 2. The molecule has 138 valence electrons. The Morgan fingerprint density at radius 1 is 1.23 bits per heavy atom. The molecule has 0 bridgehead atoms. The van der Waals surface area contributed by atoms with E-state index in [0.717, 1.165) is 6.07 Å². The maximum absolute atomic E-state index is 12.9. The number of rotatable bonds is 2. The second-order valence-corrected chi connectivity index (χ2v) is 7.23. The van der Waals surface area contributed by atoms with Crippen molar-refractivity contribution in [2.24, 2.45) is 10.7 Å². The number of anilines is 1. The number of aromatic nitrogens is 1. The first kappa shape index (κ1) is 18.2. The van der Waals surface area contributed by atoms with Crippen LogP contribution in [0.3, 0.4) is 0 Å². The Morgan fingerprint density at radius 2 is 1.92 bits per heavy atom. The number of nitrogens with two attached hydrogens (primary N) is 2. The van der Waals surface area contributed by atoms with Gasteiger partial charge in [-0.25, -0.2) is 4.99 Å². The number of guanidine groups is 1. The monoisotopic (exact) mass is 383 g/mol. The van der Waals surface area contributed by atoms with Crippen molar-refractivity contribution < 1.29 is 18.0 Å². The Bertz CT molecular complexity index is 877. The van der Waals surface area contributed by atoms with Crippen molar-refractivity contribution in [3.05, 3.63) is 46.6 Å². The summed E-state index contributed by atoms with van der Waals surface area (Å²) in [6, 6.07) is 5.51. The van der Waals surface area contributed by atoms with Crippen LogP contribution < -0.4 is 11.5 Å². The zero-order chi connectivity index (χ0) is 19.3. The molecule has 0 spiro atoms. The van der Waals surface area contributed by atoms with Crippen molar-refractivity contribution in [2.75, 3.05) is 12.8 Å². The predicted octanol–water partition coefficient (Wildman–Crippen LogP) is 2.53. The van der Waals surface area contributed by atoms with Crippen LogP contribution in [0.2, 0.25) is 0 Å². The lowest BCUT2D eigenvalue weighted by molar-refractivity contribution is -0.137. The van der Waals surface area contributed by atoms with Crippen molar-refractivity contribution in [3.8, 4) is 0 Å². The summed E-state index contributed by atoms with van der Waals surface area (Å²) < 4.78 is 38.4. The van der Waals surface area contributed by atoms with Crippen LogP contribution in [0.4, 0.5) is 18.2 Å². The molecule has 0 fully saturated rings. The number of thiophene rings is 1. The molecular weight excluding hydrogens is 367 g/mol. The number of pyridine rings is 1. The van der Waals surface area contributed by atoms with Gasteiger partial charge in [-0.05, 0) is 31.2 Å². The van der Waals surface area contributed by atoms with Gasteiger partial charge in [0.1, 0.15) is 11.5 Å². The minimum atomic E-state index is -4.51. The average molecular weight is 383 g/mol. The van der Waals surface area contributed by atoms with E-state index in [1.807, 2.05) is 0 Å². The summed E-state index contributed by atoms with van der Waals surface area (Å²) in [5.74, 6) is -1.31. The second kappa shape index (κ2) is 5.97. The quantitative estimate of drug-likeness (QED) is 0.833. The number of alkyl halides is 3. The van der Waals surface area contributed by atoms with Crippen molar-refractivity contribution in [2.45, 2.75) is 24.6 Å². The molecule has 3 rings (SSSR count). The van der Waals surface area contributed by atoms with Crippen molar-refractivity contribution in [1.29, 1.82) is 0 Å². The van der Waals surface area contributed by atoms with Crippen LogP contribution in [0.5, 0.6) is 0 Å². The van der Waals surface area contributed by atoms with Gasteiger partial charge in [-0.15, -0.1) is 11.3 Å². The standard InChI is InChI=1S/C16H16F3N5OS/c1-15(10-5-6-11(20)26-10)12(13(25)24(2)14(21)23-15)9-4-3-8(7-22-9)16(17,18)19/h3-7,12H,20H2,1-2H3,(H2,21,23)/t12-,15+/m0/s1. The summed E-state index contributed by atoms with van der Waals surface area (Å²) in [6.07, 6.45) is -3.79. The van der Waals surface area contributed by atoms with Gasteiger partial charge in [0, 0.05) is 18.1 Å². The summed E-state index contributed by atoms with van der Waals surface area (Å²) in [5, 5.41) is 0.528. The lowest BCUT2D eigenvalue weighted by atomic mass is 9.80.